The number of hydrogen-bond donors (Lipinski definition) is 3. The molecule has 0 aromatic heterocycles. The number of hydrogen-bond acceptors (Lipinski definition) is 13. The van der Waals surface area contributed by atoms with Crippen LogP contribution < -0.4 is 55.4 Å². The summed E-state index contributed by atoms with van der Waals surface area (Å²) in [6, 6.07) is 27.2. The smallest absolute Gasteiger partial charge is 0.857 e. The fraction of sp³-hybridized carbons (Fsp3) is 0.473. The van der Waals surface area contributed by atoms with Crippen LogP contribution in [0.3, 0.4) is 0 Å². The Morgan fingerprint density at radius 2 is 1.18 bits per heavy atom. The van der Waals surface area contributed by atoms with Crippen LogP contribution in [0.2, 0.25) is 0 Å². The number of nitriles is 1. The summed E-state index contributed by atoms with van der Waals surface area (Å²) < 4.78 is 25.7. The maximum Gasteiger partial charge on any atom is 1.00 e. The van der Waals surface area contributed by atoms with Gasteiger partial charge in [0.2, 0.25) is 17.9 Å². The van der Waals surface area contributed by atoms with E-state index in [-0.39, 0.29) is 82.5 Å². The third-order valence-corrected chi connectivity index (χ3v) is 13.0. The van der Waals surface area contributed by atoms with Crippen LogP contribution in [-0.4, -0.2) is 77.8 Å². The van der Waals surface area contributed by atoms with Gasteiger partial charge in [0.1, 0.15) is 23.7 Å². The van der Waals surface area contributed by atoms with Gasteiger partial charge in [-0.05, 0) is 140 Å². The van der Waals surface area contributed by atoms with Gasteiger partial charge >= 0.3 is 29.6 Å². The molecule has 0 saturated carbocycles. The molecular weight excluding hydrogens is 943 g/mol. The van der Waals surface area contributed by atoms with E-state index in [4.69, 9.17) is 58.0 Å². The number of nitrogens with zero attached hydrogens (tertiary/aromatic N) is 6. The molecule has 0 bridgehead atoms. The van der Waals surface area contributed by atoms with E-state index >= 15 is 0 Å². The fourth-order valence-corrected chi connectivity index (χ4v) is 11.0. The third-order valence-electron chi connectivity index (χ3n) is 13.0. The zero-order valence-electron chi connectivity index (χ0n) is 43.7. The van der Waals surface area contributed by atoms with Crippen molar-refractivity contribution in [1.29, 1.82) is 5.26 Å². The summed E-state index contributed by atoms with van der Waals surface area (Å²) >= 11 is 0. The van der Waals surface area contributed by atoms with Gasteiger partial charge in [-0.15, -0.1) is 12.4 Å². The minimum Gasteiger partial charge on any atom is -0.857 e. The Labute approximate surface area is 454 Å². The number of benzene rings is 4. The predicted molar refractivity (Wildman–Crippen MR) is 277 cm³/mol. The molecule has 4 N–H and O–H groups in total. The van der Waals surface area contributed by atoms with E-state index < -0.39 is 5.72 Å². The Morgan fingerprint density at radius 3 is 1.64 bits per heavy atom. The van der Waals surface area contributed by atoms with Gasteiger partial charge in [0.05, 0.1) is 46.8 Å². The molecule has 2 saturated heterocycles. The van der Waals surface area contributed by atoms with Crippen LogP contribution in [0, 0.1) is 36.4 Å². The monoisotopic (exact) mass is 1010 g/mol. The van der Waals surface area contributed by atoms with E-state index in [0.29, 0.717) is 36.1 Å². The number of nitrogens with two attached hydrogens (primary N) is 1. The summed E-state index contributed by atoms with van der Waals surface area (Å²) in [6.07, 6.45) is 6.60. The number of aliphatic imine (C=N–C) groups is 2. The summed E-state index contributed by atoms with van der Waals surface area (Å²) in [6.45, 7) is 31.7. The number of halogens is 1. The van der Waals surface area contributed by atoms with Crippen molar-refractivity contribution in [1.82, 2.24) is 10.5 Å². The maximum atomic E-state index is 9.33. The second kappa shape index (κ2) is 24.3. The van der Waals surface area contributed by atoms with Crippen molar-refractivity contribution in [2.75, 3.05) is 21.2 Å². The van der Waals surface area contributed by atoms with Crippen LogP contribution in [-0.2, 0) is 20.0 Å². The molecule has 378 valence electrons. The first kappa shape index (κ1) is 59.5. The maximum absolute atomic E-state index is 9.33. The van der Waals surface area contributed by atoms with Gasteiger partial charge in [0.15, 0.2) is 11.4 Å². The van der Waals surface area contributed by atoms with Crippen LogP contribution in [0.4, 0.5) is 11.4 Å². The van der Waals surface area contributed by atoms with Crippen molar-refractivity contribution in [2.45, 2.75) is 134 Å². The van der Waals surface area contributed by atoms with Gasteiger partial charge in [0.25, 0.3) is 0 Å². The Morgan fingerprint density at radius 1 is 0.736 bits per heavy atom. The number of ether oxygens (including phenoxy) is 4. The van der Waals surface area contributed by atoms with Crippen LogP contribution in [0.1, 0.15) is 105 Å². The summed E-state index contributed by atoms with van der Waals surface area (Å²) in [7, 11) is 3.96. The molecule has 5 aliphatic rings. The van der Waals surface area contributed by atoms with E-state index in [1.165, 1.54) is 12.1 Å². The van der Waals surface area contributed by atoms with Crippen LogP contribution in [0.25, 0.3) is 31.9 Å². The fourth-order valence-electron chi connectivity index (χ4n) is 11.0. The summed E-state index contributed by atoms with van der Waals surface area (Å²) in [5.41, 5.74) is 13.6. The van der Waals surface area contributed by atoms with Crippen molar-refractivity contribution in [3.05, 3.63) is 119 Å². The first-order chi connectivity index (χ1) is 33.1. The SMILES string of the molecule is CNO.C[O-].Cl.[C-]#[N+]c1cccc(-c2ccc3c(c2)C(=NC#N)CC(C2CC(C)(C)OC(C)(C)C2)O3)c1.[C-]#[N+]c1cccc(-c2ccc3c(c2)C2(CC(C4CC(C)(C)OC(C)(C)C4)O3)N=C(N)N(C)O2)c1.[Na+]. The van der Waals surface area contributed by atoms with E-state index in [9.17, 15) is 5.26 Å². The second-order valence-electron chi connectivity index (χ2n) is 20.8. The molecule has 0 amide bonds. The van der Waals surface area contributed by atoms with E-state index in [2.05, 4.69) is 76.1 Å². The largest absolute Gasteiger partial charge is 1.00 e. The van der Waals surface area contributed by atoms with Crippen LogP contribution >= 0.6 is 12.4 Å². The third kappa shape index (κ3) is 14.2. The van der Waals surface area contributed by atoms with Gasteiger partial charge in [0, 0.05) is 44.3 Å². The molecule has 5 heterocycles. The van der Waals surface area contributed by atoms with Gasteiger partial charge in [-0.1, -0.05) is 48.5 Å². The minimum absolute atomic E-state index is 0. The summed E-state index contributed by atoms with van der Waals surface area (Å²) in [4.78, 5) is 22.4. The van der Waals surface area contributed by atoms with Gasteiger partial charge < -0.3 is 35.0 Å². The molecule has 3 atom stereocenters. The number of rotatable bonds is 4. The van der Waals surface area contributed by atoms with Gasteiger partial charge in [-0.25, -0.2) is 30.1 Å². The number of fused-ring (bicyclic) bond motifs is 3. The Hall–Kier alpha value is -5.06. The van der Waals surface area contributed by atoms with Crippen molar-refractivity contribution in [3.63, 3.8) is 0 Å². The minimum atomic E-state index is -0.947. The molecule has 1 spiro atoms. The zero-order valence-corrected chi connectivity index (χ0v) is 46.5. The van der Waals surface area contributed by atoms with E-state index in [1.807, 2.05) is 72.9 Å². The van der Waals surface area contributed by atoms with Crippen molar-refractivity contribution < 1.29 is 63.7 Å². The molecule has 0 radical (unpaired) electrons. The topological polar surface area (TPSA) is 188 Å². The van der Waals surface area contributed by atoms with Crippen molar-refractivity contribution in [3.8, 4) is 39.9 Å². The molecule has 9 rings (SSSR count). The molecule has 4 aromatic carbocycles. The number of hydroxylamine groups is 3. The number of nitrogens with one attached hydrogen (secondary N) is 1. The zero-order chi connectivity index (χ0) is 51.2. The average molecular weight is 1010 g/mol. The molecule has 15 nitrogen and oxygen atoms in total. The Kier molecular flexibility index (Phi) is 20.1. The molecule has 72 heavy (non-hydrogen) atoms. The summed E-state index contributed by atoms with van der Waals surface area (Å²) in [5.74, 6) is 2.46. The van der Waals surface area contributed by atoms with E-state index in [0.717, 1.165) is 83.4 Å². The standard InChI is InChI=1S/C27H32N4O3.C26H27N3O2.CH5NO.CH3O.ClH.Na/c1-25(2)14-19(15-26(3,4)33-25)23-16-27(30-24(28)31(6)34-27)21-13-18(10-11-22(21)32-23)17-8-7-9-20(12-17)29-5;1-25(2)14-19(15-26(3,4)31-25)24-13-22(29-16-27)21-12-18(9-10-23(21)30-24)17-7-6-8-20(11-17)28-5;1-2-3;1-2;;/h7-13,19,23H,14-16H2,1-4,6H3,(H2,28,30);6-12,19,24H,13-15H2,1-4H3;2-3H,1H3;1H3;1H;/q;;;-1;;+1. The molecular formula is C55H68ClN8NaO7. The molecule has 5 aliphatic heterocycles. The van der Waals surface area contributed by atoms with Gasteiger partial charge in [-0.3, -0.25) is 0 Å². The van der Waals surface area contributed by atoms with Crippen LogP contribution in [0.15, 0.2) is 94.9 Å². The Balaban J connectivity index is 0.000000281. The molecule has 4 aromatic rings. The van der Waals surface area contributed by atoms with Crippen LogP contribution in [0.5, 0.6) is 11.5 Å². The molecule has 17 heteroatoms. The molecule has 2 fully saturated rings. The first-order valence-electron chi connectivity index (χ1n) is 23.5. The summed E-state index contributed by atoms with van der Waals surface area (Å²) in [5, 5.41) is 26.4. The predicted octanol–water partition coefficient (Wildman–Crippen LogP) is 7.69. The average Bonchev–Trinajstić information content (AvgIpc) is 3.59. The first-order valence-corrected chi connectivity index (χ1v) is 23.5. The van der Waals surface area contributed by atoms with Gasteiger partial charge in [-0.2, -0.15) is 17.4 Å². The van der Waals surface area contributed by atoms with Crippen molar-refractivity contribution >= 4 is 35.5 Å². The molecule has 0 aliphatic carbocycles. The quantitative estimate of drug-likeness (QED) is 0.0788. The second-order valence-corrected chi connectivity index (χ2v) is 20.8. The number of guanidine groups is 1. The normalized spacial score (nSPS) is 23.4. The Bertz CT molecular complexity index is 2690. The molecule has 3 unspecified atom stereocenters. The van der Waals surface area contributed by atoms with Crippen molar-refractivity contribution in [2.24, 2.45) is 27.6 Å². The van der Waals surface area contributed by atoms with E-state index in [1.54, 1.807) is 24.7 Å².